The van der Waals surface area contributed by atoms with Crippen LogP contribution < -0.4 is 5.73 Å². The maximum atomic E-state index is 11.3. The first-order chi connectivity index (χ1) is 8.56. The lowest BCUT2D eigenvalue weighted by Crippen LogP contribution is -2.30. The molecular formula is C11H15NO5S. The van der Waals surface area contributed by atoms with E-state index in [-0.39, 0.29) is 0 Å². The van der Waals surface area contributed by atoms with Gasteiger partial charge in [0.2, 0.25) is 0 Å². The van der Waals surface area contributed by atoms with E-state index < -0.39 is 18.0 Å². The third-order valence-electron chi connectivity index (χ3n) is 2.27. The molecule has 1 rings (SSSR count). The molecule has 6 nitrogen and oxygen atoms in total. The third kappa shape index (κ3) is 4.08. The van der Waals surface area contributed by atoms with E-state index in [0.29, 0.717) is 29.3 Å². The minimum atomic E-state index is -1.01. The second kappa shape index (κ2) is 7.07. The van der Waals surface area contributed by atoms with Gasteiger partial charge in [0.05, 0.1) is 19.1 Å². The number of ether oxygens (including phenoxy) is 1. The molecule has 1 heterocycles. The predicted molar refractivity (Wildman–Crippen MR) is 66.4 cm³/mol. The van der Waals surface area contributed by atoms with E-state index in [1.807, 2.05) is 0 Å². The van der Waals surface area contributed by atoms with Crippen molar-refractivity contribution in [3.05, 3.63) is 23.7 Å². The standard InChI is InChI=1S/C11H15NO5S/c1-16-11(15)7-2-4-17-9(7)6-18-5-3-8(12)10(13)14/h2,4,8H,3,5-6,12H2,1H3,(H,13,14). The fraction of sp³-hybridized carbons (Fsp3) is 0.455. The molecule has 1 atom stereocenters. The number of furan rings is 1. The molecule has 0 aliphatic carbocycles. The molecule has 0 aliphatic rings. The predicted octanol–water partition coefficient (Wildman–Crippen LogP) is 1.10. The Balaban J connectivity index is 2.38. The molecule has 0 radical (unpaired) electrons. The lowest BCUT2D eigenvalue weighted by molar-refractivity contribution is -0.138. The Morgan fingerprint density at radius 2 is 2.33 bits per heavy atom. The van der Waals surface area contributed by atoms with Gasteiger partial charge in [0.15, 0.2) is 0 Å². The second-order valence-corrected chi connectivity index (χ2v) is 4.64. The number of carbonyl (C=O) groups excluding carboxylic acids is 1. The molecule has 0 aliphatic heterocycles. The van der Waals surface area contributed by atoms with Crippen molar-refractivity contribution in [2.45, 2.75) is 18.2 Å². The van der Waals surface area contributed by atoms with Crippen molar-refractivity contribution in [3.63, 3.8) is 0 Å². The Kier molecular flexibility index (Phi) is 5.73. The van der Waals surface area contributed by atoms with Crippen LogP contribution in [0.2, 0.25) is 0 Å². The highest BCUT2D eigenvalue weighted by Gasteiger charge is 2.15. The van der Waals surface area contributed by atoms with Crippen LogP contribution in [0.25, 0.3) is 0 Å². The lowest BCUT2D eigenvalue weighted by atomic mass is 10.2. The molecule has 0 spiro atoms. The van der Waals surface area contributed by atoms with Crippen molar-refractivity contribution >= 4 is 23.7 Å². The van der Waals surface area contributed by atoms with Gasteiger partial charge in [-0.15, -0.1) is 0 Å². The number of carboxylic acids is 1. The molecule has 0 fully saturated rings. The number of hydrogen-bond donors (Lipinski definition) is 2. The van der Waals surface area contributed by atoms with E-state index in [9.17, 15) is 9.59 Å². The van der Waals surface area contributed by atoms with Crippen molar-refractivity contribution in [1.82, 2.24) is 0 Å². The van der Waals surface area contributed by atoms with Gasteiger partial charge in [-0.1, -0.05) is 0 Å². The first-order valence-electron chi connectivity index (χ1n) is 5.27. The fourth-order valence-electron chi connectivity index (χ4n) is 1.24. The van der Waals surface area contributed by atoms with E-state index in [1.54, 1.807) is 6.07 Å². The summed E-state index contributed by atoms with van der Waals surface area (Å²) >= 11 is 1.45. The van der Waals surface area contributed by atoms with E-state index >= 15 is 0 Å². The van der Waals surface area contributed by atoms with Gasteiger partial charge in [-0.25, -0.2) is 4.79 Å². The van der Waals surface area contributed by atoms with Gasteiger partial charge in [-0.3, -0.25) is 4.79 Å². The molecule has 1 aromatic heterocycles. The fourth-order valence-corrected chi connectivity index (χ4v) is 2.22. The van der Waals surface area contributed by atoms with Gasteiger partial charge in [0.25, 0.3) is 0 Å². The largest absolute Gasteiger partial charge is 0.480 e. The molecule has 18 heavy (non-hydrogen) atoms. The van der Waals surface area contributed by atoms with E-state index in [1.165, 1.54) is 25.1 Å². The normalized spacial score (nSPS) is 12.1. The molecule has 0 bridgehead atoms. The quantitative estimate of drug-likeness (QED) is 0.566. The Morgan fingerprint density at radius 3 is 2.94 bits per heavy atom. The highest BCUT2D eigenvalue weighted by atomic mass is 32.2. The molecule has 7 heteroatoms. The molecule has 100 valence electrons. The number of thioether (sulfide) groups is 1. The Bertz CT molecular complexity index is 417. The van der Waals surface area contributed by atoms with Crippen molar-refractivity contribution in [2.75, 3.05) is 12.9 Å². The van der Waals surface area contributed by atoms with Gasteiger partial charge < -0.3 is 20.0 Å². The smallest absolute Gasteiger partial charge is 0.341 e. The van der Waals surface area contributed by atoms with Crippen molar-refractivity contribution in [3.8, 4) is 0 Å². The molecule has 0 saturated carbocycles. The molecular weight excluding hydrogens is 258 g/mol. The van der Waals surface area contributed by atoms with E-state index in [0.717, 1.165) is 0 Å². The van der Waals surface area contributed by atoms with E-state index in [2.05, 4.69) is 4.74 Å². The molecule has 3 N–H and O–H groups in total. The molecule has 0 amide bonds. The minimum absolute atomic E-state index is 0.369. The Labute approximate surface area is 108 Å². The van der Waals surface area contributed by atoms with Crippen LogP contribution in [0.15, 0.2) is 16.7 Å². The number of nitrogens with two attached hydrogens (primary N) is 1. The molecule has 1 aromatic rings. The van der Waals surface area contributed by atoms with Crippen molar-refractivity contribution in [2.24, 2.45) is 5.73 Å². The summed E-state index contributed by atoms with van der Waals surface area (Å²) in [7, 11) is 1.30. The summed E-state index contributed by atoms with van der Waals surface area (Å²) in [5, 5.41) is 8.60. The number of esters is 1. The maximum Gasteiger partial charge on any atom is 0.341 e. The van der Waals surface area contributed by atoms with Crippen LogP contribution in [0.3, 0.4) is 0 Å². The van der Waals surface area contributed by atoms with Crippen LogP contribution in [0.1, 0.15) is 22.5 Å². The van der Waals surface area contributed by atoms with Crippen LogP contribution in [0.4, 0.5) is 0 Å². The minimum Gasteiger partial charge on any atom is -0.480 e. The number of rotatable bonds is 7. The summed E-state index contributed by atoms with van der Waals surface area (Å²) < 4.78 is 9.78. The van der Waals surface area contributed by atoms with Crippen molar-refractivity contribution in [1.29, 1.82) is 0 Å². The maximum absolute atomic E-state index is 11.3. The van der Waals surface area contributed by atoms with Crippen LogP contribution in [-0.2, 0) is 15.3 Å². The van der Waals surface area contributed by atoms with E-state index in [4.69, 9.17) is 15.3 Å². The monoisotopic (exact) mass is 273 g/mol. The zero-order valence-corrected chi connectivity index (χ0v) is 10.7. The number of methoxy groups -OCH3 is 1. The van der Waals surface area contributed by atoms with Crippen molar-refractivity contribution < 1.29 is 23.8 Å². The SMILES string of the molecule is COC(=O)c1ccoc1CSCCC(N)C(=O)O. The Morgan fingerprint density at radius 1 is 1.61 bits per heavy atom. The summed E-state index contributed by atoms with van der Waals surface area (Å²) in [6.45, 7) is 0. The van der Waals surface area contributed by atoms with Gasteiger partial charge in [-0.05, 0) is 18.2 Å². The second-order valence-electron chi connectivity index (χ2n) is 3.54. The summed E-state index contributed by atoms with van der Waals surface area (Å²) in [5.74, 6) is 0.125. The molecule has 0 aromatic carbocycles. The number of carboxylic acid groups (broad SMARTS) is 1. The molecule has 1 unspecified atom stereocenters. The average molecular weight is 273 g/mol. The van der Waals surface area contributed by atoms with Crippen LogP contribution >= 0.6 is 11.8 Å². The lowest BCUT2D eigenvalue weighted by Gasteiger charge is -2.05. The highest BCUT2D eigenvalue weighted by molar-refractivity contribution is 7.98. The van der Waals surface area contributed by atoms with Gasteiger partial charge in [-0.2, -0.15) is 11.8 Å². The first-order valence-corrected chi connectivity index (χ1v) is 6.42. The first kappa shape index (κ1) is 14.6. The Hall–Kier alpha value is -1.47. The summed E-state index contributed by atoms with van der Waals surface area (Å²) in [4.78, 5) is 21.8. The van der Waals surface area contributed by atoms with Crippen LogP contribution in [0, 0.1) is 0 Å². The third-order valence-corrected chi connectivity index (χ3v) is 3.26. The molecule has 0 saturated heterocycles. The summed E-state index contributed by atoms with van der Waals surface area (Å²) in [6, 6.07) is 0.694. The van der Waals surface area contributed by atoms with Crippen LogP contribution in [-0.4, -0.2) is 35.9 Å². The highest BCUT2D eigenvalue weighted by Crippen LogP contribution is 2.19. The summed E-state index contributed by atoms with van der Waals surface area (Å²) in [6.07, 6.45) is 1.79. The van der Waals surface area contributed by atoms with Gasteiger partial charge >= 0.3 is 11.9 Å². The zero-order chi connectivity index (χ0) is 13.5. The number of hydrogen-bond acceptors (Lipinski definition) is 6. The summed E-state index contributed by atoms with van der Waals surface area (Å²) in [5.41, 5.74) is 5.76. The average Bonchev–Trinajstić information content (AvgIpc) is 2.81. The number of aliphatic carboxylic acids is 1. The topological polar surface area (TPSA) is 103 Å². The van der Waals surface area contributed by atoms with Gasteiger partial charge in [0.1, 0.15) is 17.4 Å². The van der Waals surface area contributed by atoms with Gasteiger partial charge in [0, 0.05) is 0 Å². The van der Waals surface area contributed by atoms with Crippen LogP contribution in [0.5, 0.6) is 0 Å². The number of carbonyl (C=O) groups is 2. The zero-order valence-electron chi connectivity index (χ0n) is 9.92.